The van der Waals surface area contributed by atoms with E-state index in [-0.39, 0.29) is 23.6 Å². The maximum Gasteiger partial charge on any atom is 0.319 e. The van der Waals surface area contributed by atoms with Crippen LogP contribution in [0.5, 0.6) is 0 Å². The highest BCUT2D eigenvalue weighted by atomic mass is 127. The van der Waals surface area contributed by atoms with Gasteiger partial charge in [0, 0.05) is 124 Å². The zero-order valence-electron chi connectivity index (χ0n) is 55.3. The van der Waals surface area contributed by atoms with Gasteiger partial charge in [0.15, 0.2) is 10.3 Å². The average molecular weight is 1420 g/mol. The first-order chi connectivity index (χ1) is 46.8. The number of piperidine rings is 2. The van der Waals surface area contributed by atoms with Gasteiger partial charge in [0.25, 0.3) is 0 Å². The fraction of sp³-hybridized carbons (Fsp3) is 0.386. The van der Waals surface area contributed by atoms with Gasteiger partial charge in [0.1, 0.15) is 79.5 Å². The molecule has 11 heterocycles. The lowest BCUT2D eigenvalue weighted by Crippen LogP contribution is -2.45. The van der Waals surface area contributed by atoms with E-state index in [9.17, 15) is 28.5 Å². The number of aryl methyl sites for hydroxylation is 2. The molecule has 8 aromatic heterocycles. The zero-order valence-corrected chi connectivity index (χ0v) is 57.1. The van der Waals surface area contributed by atoms with Gasteiger partial charge in [-0.3, -0.25) is 13.2 Å². The third-order valence-electron chi connectivity index (χ3n) is 17.3. The van der Waals surface area contributed by atoms with E-state index in [1.807, 2.05) is 116 Å². The van der Waals surface area contributed by atoms with E-state index in [2.05, 4.69) is 41.9 Å². The molecule has 488 valence electrons. The van der Waals surface area contributed by atoms with E-state index in [0.717, 1.165) is 152 Å². The number of anilines is 4. The summed E-state index contributed by atoms with van der Waals surface area (Å²) in [4.78, 5) is 60.3. The van der Waals surface area contributed by atoms with Crippen molar-refractivity contribution in [2.24, 2.45) is 0 Å². The molecule has 0 unspecified atom stereocenters. The lowest BCUT2D eigenvalue weighted by Gasteiger charge is -2.34. The number of amides is 2. The van der Waals surface area contributed by atoms with Crippen LogP contribution >= 0.6 is 45.3 Å². The SMILES string of the molecule is C1CCCC1.CCc1nc2ccc(-c3cnc(C4CCN(C(=O)N5CCCC5)CC4)nc3)cn2c1N(C)c1nc(-c2ccc(F)cc2)c(C#N)s1.CCc1nc2ccc(-c3cnc(C4CCNCC4)nc3)cn2c1N(C)c1nc(-c2ccc(F)cc2)c(C#N)s1.[2H]CF.[2H]CI. The molecule has 4 fully saturated rings. The van der Waals surface area contributed by atoms with Crippen molar-refractivity contribution in [3.05, 3.63) is 154 Å². The number of hydrogen-bond acceptors (Lipinski definition) is 16. The predicted molar refractivity (Wildman–Crippen MR) is 376 cm³/mol. The van der Waals surface area contributed by atoms with Crippen LogP contribution in [0.4, 0.5) is 39.9 Å². The highest BCUT2D eigenvalue weighted by molar-refractivity contribution is 14.1. The first-order valence-corrected chi connectivity index (χ1v) is 34.9. The number of alkyl halides is 2. The summed E-state index contributed by atoms with van der Waals surface area (Å²) in [5.41, 5.74) is 9.67. The average Bonchev–Trinajstić information content (AvgIpc) is 1.62. The minimum absolute atomic E-state index is 0.173. The first-order valence-electron chi connectivity index (χ1n) is 33.2. The van der Waals surface area contributed by atoms with Crippen LogP contribution in [0.1, 0.15) is 132 Å². The third-order valence-corrected chi connectivity index (χ3v) is 19.4. The topological polar surface area (TPSA) is 202 Å². The number of imidazole rings is 2. The molecule has 1 saturated carbocycles. The molecule has 2 aromatic carbocycles. The number of nitrogens with zero attached hydrogens (tertiary/aromatic N) is 16. The molecule has 18 nitrogen and oxygen atoms in total. The van der Waals surface area contributed by atoms with E-state index in [0.29, 0.717) is 59.8 Å². The molecule has 14 rings (SSSR count). The van der Waals surface area contributed by atoms with Crippen LogP contribution in [-0.2, 0) is 12.8 Å². The molecule has 0 bridgehead atoms. The Hall–Kier alpha value is -8.43. The van der Waals surface area contributed by atoms with Gasteiger partial charge in [-0.25, -0.2) is 53.4 Å². The molecule has 0 spiro atoms. The van der Waals surface area contributed by atoms with Gasteiger partial charge >= 0.3 is 6.03 Å². The van der Waals surface area contributed by atoms with Crippen LogP contribution in [-0.4, -0.2) is 130 Å². The van der Waals surface area contributed by atoms with E-state index >= 15 is 0 Å². The molecule has 1 aliphatic carbocycles. The van der Waals surface area contributed by atoms with Crippen LogP contribution in [0.3, 0.4) is 0 Å². The summed E-state index contributed by atoms with van der Waals surface area (Å²) in [6.07, 6.45) is 26.6. The molecule has 3 saturated heterocycles. The number of thiazole rings is 2. The van der Waals surface area contributed by atoms with Gasteiger partial charge in [-0.15, -0.1) is 0 Å². The van der Waals surface area contributed by atoms with E-state index in [1.54, 1.807) is 24.3 Å². The number of hydrogen-bond donors (Lipinski definition) is 1. The van der Waals surface area contributed by atoms with Crippen molar-refractivity contribution in [1.29, 1.82) is 10.5 Å². The summed E-state index contributed by atoms with van der Waals surface area (Å²) in [5.74, 6) is 3.44. The highest BCUT2D eigenvalue weighted by Crippen LogP contribution is 2.40. The van der Waals surface area contributed by atoms with E-state index < -0.39 is 7.15 Å². The van der Waals surface area contributed by atoms with Gasteiger partial charge in [0.2, 0.25) is 0 Å². The summed E-state index contributed by atoms with van der Waals surface area (Å²) in [6.45, 7) is 9.35. The van der Waals surface area contributed by atoms with Crippen LogP contribution in [0.2, 0.25) is 0 Å². The number of likely N-dealkylation sites (tertiary alicyclic amines) is 2. The fourth-order valence-corrected chi connectivity index (χ4v) is 14.0. The third kappa shape index (κ3) is 15.5. The van der Waals surface area contributed by atoms with Crippen LogP contribution in [0.25, 0.3) is 56.1 Å². The number of nitriles is 2. The summed E-state index contributed by atoms with van der Waals surface area (Å²) in [7, 11) is 2.85. The van der Waals surface area contributed by atoms with Gasteiger partial charge in [-0.1, -0.05) is 91.2 Å². The van der Waals surface area contributed by atoms with Crippen LogP contribution in [0, 0.1) is 34.3 Å². The van der Waals surface area contributed by atoms with E-state index in [1.165, 1.54) is 79.0 Å². The van der Waals surface area contributed by atoms with Crippen molar-refractivity contribution in [3.8, 4) is 56.9 Å². The Kier molecular flexibility index (Phi) is 22.8. The van der Waals surface area contributed by atoms with Crippen molar-refractivity contribution >= 4 is 84.5 Å². The molecular formula is C70H77F3IN17OS2. The van der Waals surface area contributed by atoms with Crippen molar-refractivity contribution in [2.75, 3.05) is 75.2 Å². The number of halogens is 4. The second-order valence-corrected chi connectivity index (χ2v) is 25.1. The maximum absolute atomic E-state index is 13.6. The van der Waals surface area contributed by atoms with E-state index in [4.69, 9.17) is 42.6 Å². The molecule has 1 N–H and O–H groups in total. The monoisotopic (exact) mass is 1420 g/mol. The largest absolute Gasteiger partial charge is 0.325 e. The second-order valence-electron chi connectivity index (χ2n) is 23.2. The van der Waals surface area contributed by atoms with Gasteiger partial charge in [-0.05, 0) is 142 Å². The molecule has 94 heavy (non-hydrogen) atoms. The Morgan fingerprint density at radius 3 is 1.34 bits per heavy atom. The molecule has 10 aromatic rings. The van der Waals surface area contributed by atoms with Crippen molar-refractivity contribution in [2.45, 2.75) is 109 Å². The summed E-state index contributed by atoms with van der Waals surface area (Å²) >= 11 is 4.55. The van der Waals surface area contributed by atoms with Crippen LogP contribution in [0.15, 0.2) is 110 Å². The first kappa shape index (κ1) is 65.6. The number of carbonyl (C=O) groups excluding carboxylic acids is 1. The highest BCUT2D eigenvalue weighted by Gasteiger charge is 2.30. The number of benzene rings is 2. The predicted octanol–water partition coefficient (Wildman–Crippen LogP) is 16.0. The lowest BCUT2D eigenvalue weighted by molar-refractivity contribution is 0.148. The van der Waals surface area contributed by atoms with Gasteiger partial charge < -0.3 is 24.9 Å². The molecule has 3 aliphatic heterocycles. The minimum Gasteiger partial charge on any atom is -0.325 e. The second kappa shape index (κ2) is 32.6. The summed E-state index contributed by atoms with van der Waals surface area (Å²) in [5, 5.41) is 24.3. The quantitative estimate of drug-likeness (QED) is 0.0894. The Morgan fingerprint density at radius 1 is 0.585 bits per heavy atom. The summed E-state index contributed by atoms with van der Waals surface area (Å²) < 4.78 is 52.8. The molecular weight excluding hydrogens is 1340 g/mol. The number of pyridine rings is 2. The zero-order chi connectivity index (χ0) is 67.7. The fourth-order valence-electron chi connectivity index (χ4n) is 12.3. The van der Waals surface area contributed by atoms with Crippen molar-refractivity contribution < 1.29 is 20.7 Å². The molecule has 0 radical (unpaired) electrons. The number of aromatic nitrogens is 10. The summed E-state index contributed by atoms with van der Waals surface area (Å²) in [6, 6.07) is 24.8. The molecule has 4 aliphatic rings. The number of fused-ring (bicyclic) bond motifs is 2. The molecule has 24 heteroatoms. The van der Waals surface area contributed by atoms with Crippen molar-refractivity contribution in [1.82, 2.24) is 63.8 Å². The minimum atomic E-state index is -1.00. The number of carbonyl (C=O) groups is 1. The van der Waals surface area contributed by atoms with Crippen molar-refractivity contribution in [3.63, 3.8) is 0 Å². The lowest BCUT2D eigenvalue weighted by atomic mass is 9.96. The number of nitrogens with one attached hydrogen (secondary N) is 1. The number of urea groups is 1. The normalized spacial score (nSPS) is 15.0. The van der Waals surface area contributed by atoms with Crippen LogP contribution < -0.4 is 15.1 Å². The van der Waals surface area contributed by atoms with Gasteiger partial charge in [0.05, 0.1) is 19.9 Å². The van der Waals surface area contributed by atoms with Gasteiger partial charge in [-0.2, -0.15) is 10.5 Å². The Balaban J connectivity index is 0.000000182. The molecule has 2 amide bonds. The molecule has 0 atom stereocenters. The Morgan fingerprint density at radius 2 is 0.957 bits per heavy atom. The Labute approximate surface area is 571 Å². The number of rotatable bonds is 12. The maximum atomic E-state index is 13.6. The standard InChI is InChI=1S/C34H34FN9OS.C29H27FN8S.C5H10.CH3F.CH3I/c1-3-27-32(41(2)33-40-30(28(18-36)46-33)22-6-9-26(35)10-7-22)44-21-24(8-11-29(44)39-27)25-19-37-31(38-20-25)23-12-16-43(17-13-23)34(45)42-14-4-5-15-42;1-3-23-28(37(2)29-36-26(24(14-31)39-29)18-4-7-22(30)8-5-18)38-17-20(6-9-25(38)35-23)21-15-33-27(34-16-21)19-10-12-32-13-11-19;1-2-4-5-3-1;2*1-2/h6-11,19-21,23H,3-5,12-17H2,1-2H3;4-9,15-17,19,32H,3,10-13H2,1-2H3;1-5H2;2*1H3/i;;;2*1D. The Bertz CT molecular complexity index is 4260. The smallest absolute Gasteiger partial charge is 0.319 e.